The van der Waals surface area contributed by atoms with E-state index in [1.807, 2.05) is 38.1 Å². The Morgan fingerprint density at radius 2 is 1.41 bits per heavy atom. The Morgan fingerprint density at radius 3 is 2.00 bits per heavy atom. The summed E-state index contributed by atoms with van der Waals surface area (Å²) in [6.45, 7) is 4.08. The Morgan fingerprint density at radius 1 is 0.853 bits per heavy atom. The van der Waals surface area contributed by atoms with Crippen molar-refractivity contribution in [2.75, 3.05) is 25.0 Å². The van der Waals surface area contributed by atoms with Crippen molar-refractivity contribution in [3.8, 4) is 17.2 Å². The van der Waals surface area contributed by atoms with E-state index in [-0.39, 0.29) is 23.5 Å². The molecule has 0 heterocycles. The lowest BCUT2D eigenvalue weighted by Crippen LogP contribution is -2.31. The number of anilines is 1. The van der Waals surface area contributed by atoms with Gasteiger partial charge < -0.3 is 19.5 Å². The highest BCUT2D eigenvalue weighted by Crippen LogP contribution is 2.22. The summed E-state index contributed by atoms with van der Waals surface area (Å²) in [7, 11) is -2.18. The van der Waals surface area contributed by atoms with E-state index >= 15 is 0 Å². The van der Waals surface area contributed by atoms with Crippen LogP contribution in [0.1, 0.15) is 25.5 Å². The molecule has 9 heteroatoms. The number of rotatable bonds is 11. The third-order valence-corrected chi connectivity index (χ3v) is 6.31. The van der Waals surface area contributed by atoms with E-state index < -0.39 is 10.0 Å². The van der Waals surface area contributed by atoms with Gasteiger partial charge in [-0.1, -0.05) is 12.1 Å². The molecule has 0 bridgehead atoms. The van der Waals surface area contributed by atoms with Crippen molar-refractivity contribution < 1.29 is 27.4 Å². The number of carbonyl (C=O) groups is 1. The molecule has 0 fully saturated rings. The van der Waals surface area contributed by atoms with Gasteiger partial charge in [0.15, 0.2) is 6.61 Å². The van der Waals surface area contributed by atoms with E-state index in [2.05, 4.69) is 10.0 Å². The lowest BCUT2D eigenvalue weighted by molar-refractivity contribution is -0.123. The van der Waals surface area contributed by atoms with Gasteiger partial charge in [-0.3, -0.25) is 9.52 Å². The topological polar surface area (TPSA) is 103 Å². The molecule has 0 spiro atoms. The fourth-order valence-electron chi connectivity index (χ4n) is 3.12. The number of ether oxygens (including phenoxy) is 3. The minimum absolute atomic E-state index is 0.0753. The molecular formula is C25H28N2O6S. The van der Waals surface area contributed by atoms with E-state index in [4.69, 9.17) is 14.2 Å². The number of amides is 1. The number of sulfonamides is 1. The summed E-state index contributed by atoms with van der Waals surface area (Å²) in [6.07, 6.45) is 0. The zero-order valence-electron chi connectivity index (χ0n) is 19.3. The van der Waals surface area contributed by atoms with E-state index in [9.17, 15) is 13.2 Å². The monoisotopic (exact) mass is 484 g/mol. The van der Waals surface area contributed by atoms with Gasteiger partial charge in [0.05, 0.1) is 24.7 Å². The van der Waals surface area contributed by atoms with E-state index in [0.29, 0.717) is 23.8 Å². The first-order valence-corrected chi connectivity index (χ1v) is 12.2. The van der Waals surface area contributed by atoms with Crippen LogP contribution >= 0.6 is 0 Å². The largest absolute Gasteiger partial charge is 0.497 e. The molecule has 34 heavy (non-hydrogen) atoms. The van der Waals surface area contributed by atoms with Crippen molar-refractivity contribution in [3.05, 3.63) is 78.4 Å². The number of hydrogen-bond donors (Lipinski definition) is 2. The van der Waals surface area contributed by atoms with Gasteiger partial charge >= 0.3 is 0 Å². The quantitative estimate of drug-likeness (QED) is 0.424. The number of nitrogens with one attached hydrogen (secondary N) is 2. The van der Waals surface area contributed by atoms with Crippen LogP contribution in [0.3, 0.4) is 0 Å². The van der Waals surface area contributed by atoms with Gasteiger partial charge in [-0.05, 0) is 80.1 Å². The number of hydrogen-bond acceptors (Lipinski definition) is 6. The van der Waals surface area contributed by atoms with Crippen LogP contribution in [0.2, 0.25) is 0 Å². The molecule has 3 aromatic carbocycles. The minimum Gasteiger partial charge on any atom is -0.497 e. The highest BCUT2D eigenvalue weighted by Gasteiger charge is 2.15. The van der Waals surface area contributed by atoms with Crippen LogP contribution in [0, 0.1) is 0 Å². The Labute approximate surface area is 199 Å². The molecule has 2 N–H and O–H groups in total. The van der Waals surface area contributed by atoms with Crippen LogP contribution < -0.4 is 24.2 Å². The van der Waals surface area contributed by atoms with Gasteiger partial charge in [0.2, 0.25) is 0 Å². The predicted octanol–water partition coefficient (Wildman–Crippen LogP) is 4.15. The Balaban J connectivity index is 1.52. The van der Waals surface area contributed by atoms with E-state index in [0.717, 1.165) is 11.3 Å². The molecule has 3 rings (SSSR count). The maximum absolute atomic E-state index is 12.6. The smallest absolute Gasteiger partial charge is 0.261 e. The highest BCUT2D eigenvalue weighted by atomic mass is 32.2. The molecule has 0 saturated heterocycles. The molecule has 180 valence electrons. The third kappa shape index (κ3) is 6.89. The second-order valence-corrected chi connectivity index (χ2v) is 9.07. The lowest BCUT2D eigenvalue weighted by Gasteiger charge is -2.15. The van der Waals surface area contributed by atoms with Gasteiger partial charge in [-0.15, -0.1) is 0 Å². The van der Waals surface area contributed by atoms with Crippen LogP contribution in [0.25, 0.3) is 0 Å². The standard InChI is InChI=1S/C25H28N2O6S/c1-4-32-22-11-7-20(8-12-22)27-34(29,30)24-15-13-23(14-16-24)33-17-25(28)26-18(2)19-5-9-21(31-3)10-6-19/h5-16,18,27H,4,17H2,1-3H3,(H,26,28). The summed E-state index contributed by atoms with van der Waals surface area (Å²) in [5.41, 5.74) is 1.36. The van der Waals surface area contributed by atoms with Gasteiger partial charge in [-0.25, -0.2) is 8.42 Å². The Hall–Kier alpha value is -3.72. The van der Waals surface area contributed by atoms with Crippen molar-refractivity contribution in [2.45, 2.75) is 24.8 Å². The molecule has 1 atom stereocenters. The van der Waals surface area contributed by atoms with Crippen LogP contribution in [0.15, 0.2) is 77.7 Å². The third-order valence-electron chi connectivity index (χ3n) is 4.91. The lowest BCUT2D eigenvalue weighted by atomic mass is 10.1. The fourth-order valence-corrected chi connectivity index (χ4v) is 4.18. The molecule has 1 unspecified atom stereocenters. The summed E-state index contributed by atoms with van der Waals surface area (Å²) >= 11 is 0. The van der Waals surface area contributed by atoms with Crippen LogP contribution in [0.5, 0.6) is 17.2 Å². The molecular weight excluding hydrogens is 456 g/mol. The molecule has 0 aliphatic carbocycles. The first-order chi connectivity index (χ1) is 16.3. The molecule has 1 amide bonds. The van der Waals surface area contributed by atoms with E-state index in [1.165, 1.54) is 24.3 Å². The van der Waals surface area contributed by atoms with Crippen LogP contribution in [-0.4, -0.2) is 34.6 Å². The fraction of sp³-hybridized carbons (Fsp3) is 0.240. The molecule has 3 aromatic rings. The number of carbonyl (C=O) groups excluding carboxylic acids is 1. The summed E-state index contributed by atoms with van der Waals surface area (Å²) in [5, 5.41) is 2.86. The van der Waals surface area contributed by atoms with Crippen molar-refractivity contribution in [2.24, 2.45) is 0 Å². The van der Waals surface area contributed by atoms with Crippen molar-refractivity contribution in [3.63, 3.8) is 0 Å². The second kappa shape index (κ2) is 11.4. The summed E-state index contributed by atoms with van der Waals surface area (Å²) in [6, 6.07) is 19.7. The SMILES string of the molecule is CCOc1ccc(NS(=O)(=O)c2ccc(OCC(=O)NC(C)c3ccc(OC)cc3)cc2)cc1. The average molecular weight is 485 g/mol. The molecule has 0 aliphatic rings. The Kier molecular flexibility index (Phi) is 8.37. The number of benzene rings is 3. The Bertz CT molecular complexity index is 1180. The summed E-state index contributed by atoms with van der Waals surface area (Å²) < 4.78 is 43.8. The predicted molar refractivity (Wildman–Crippen MR) is 130 cm³/mol. The minimum atomic E-state index is -3.77. The maximum atomic E-state index is 12.6. The first kappa shape index (κ1) is 24.9. The molecule has 0 aliphatic heterocycles. The van der Waals surface area contributed by atoms with Gasteiger partial charge in [0, 0.05) is 5.69 Å². The highest BCUT2D eigenvalue weighted by molar-refractivity contribution is 7.92. The first-order valence-electron chi connectivity index (χ1n) is 10.7. The van der Waals surface area contributed by atoms with Gasteiger partial charge in [-0.2, -0.15) is 0 Å². The van der Waals surface area contributed by atoms with Crippen molar-refractivity contribution in [1.29, 1.82) is 0 Å². The normalized spacial score (nSPS) is 11.9. The zero-order valence-corrected chi connectivity index (χ0v) is 20.1. The molecule has 8 nitrogen and oxygen atoms in total. The average Bonchev–Trinajstić information content (AvgIpc) is 2.84. The molecule has 0 radical (unpaired) electrons. The summed E-state index contributed by atoms with van der Waals surface area (Å²) in [4.78, 5) is 12.3. The van der Waals surface area contributed by atoms with Gasteiger partial charge in [0.25, 0.3) is 15.9 Å². The van der Waals surface area contributed by atoms with Crippen LogP contribution in [0.4, 0.5) is 5.69 Å². The zero-order chi connectivity index (χ0) is 24.6. The summed E-state index contributed by atoms with van der Waals surface area (Å²) in [5.74, 6) is 1.49. The van der Waals surface area contributed by atoms with Gasteiger partial charge in [0.1, 0.15) is 17.2 Å². The van der Waals surface area contributed by atoms with Crippen molar-refractivity contribution in [1.82, 2.24) is 5.32 Å². The number of methoxy groups -OCH3 is 1. The molecule has 0 aromatic heterocycles. The van der Waals surface area contributed by atoms with E-state index in [1.54, 1.807) is 31.4 Å². The molecule has 0 saturated carbocycles. The van der Waals surface area contributed by atoms with Crippen LogP contribution in [-0.2, 0) is 14.8 Å². The maximum Gasteiger partial charge on any atom is 0.261 e. The van der Waals surface area contributed by atoms with Crippen molar-refractivity contribution >= 4 is 21.6 Å². The second-order valence-electron chi connectivity index (χ2n) is 7.39.